The van der Waals surface area contributed by atoms with E-state index in [1.54, 1.807) is 0 Å². The van der Waals surface area contributed by atoms with Crippen molar-refractivity contribution in [3.05, 3.63) is 126 Å². The van der Waals surface area contributed by atoms with Gasteiger partial charge in [0.05, 0.1) is 5.56 Å². The Morgan fingerprint density at radius 1 is 0.771 bits per heavy atom. The molecule has 0 bridgehead atoms. The van der Waals surface area contributed by atoms with Crippen LogP contribution in [0.25, 0.3) is 0 Å². The lowest BCUT2D eigenvalue weighted by Crippen LogP contribution is -2.31. The van der Waals surface area contributed by atoms with Crippen LogP contribution in [0.15, 0.2) is 115 Å². The number of hydrogen-bond acceptors (Lipinski definition) is 3. The van der Waals surface area contributed by atoms with Crippen molar-refractivity contribution in [2.75, 3.05) is 0 Å². The van der Waals surface area contributed by atoms with E-state index in [9.17, 15) is 9.59 Å². The molecule has 0 saturated carbocycles. The Kier molecular flexibility index (Phi) is 8.59. The molecular weight excluding hydrogens is 451 g/mol. The second-order valence-corrected chi connectivity index (χ2v) is 10.7. The van der Waals surface area contributed by atoms with E-state index in [0.717, 1.165) is 17.2 Å². The number of aldehydes is 1. The molecule has 4 aromatic rings. The monoisotopic (exact) mass is 480 g/mol. The van der Waals surface area contributed by atoms with Gasteiger partial charge < -0.3 is 9.53 Å². The molecule has 2 atom stereocenters. The Balaban J connectivity index is 1.69. The molecular formula is C31H29O3P. The van der Waals surface area contributed by atoms with Crippen LogP contribution in [-0.2, 0) is 16.0 Å². The number of hydrogen-bond donors (Lipinski definition) is 0. The van der Waals surface area contributed by atoms with E-state index in [0.29, 0.717) is 18.4 Å². The lowest BCUT2D eigenvalue weighted by atomic mass is 9.95. The zero-order valence-electron chi connectivity index (χ0n) is 19.8. The topological polar surface area (TPSA) is 43.4 Å². The Hall–Kier alpha value is -3.55. The molecule has 0 saturated heterocycles. The molecule has 4 rings (SSSR count). The fourth-order valence-corrected chi connectivity index (χ4v) is 6.57. The SMILES string of the molecule is C[C@H](CC=O)[C@@H](Cc1ccccc1)OC(=O)c1ccccc1P(c1ccccc1)c1ccccc1. The fraction of sp³-hybridized carbons (Fsp3) is 0.161. The van der Waals surface area contributed by atoms with E-state index >= 15 is 0 Å². The summed E-state index contributed by atoms with van der Waals surface area (Å²) >= 11 is 0. The minimum atomic E-state index is -0.951. The summed E-state index contributed by atoms with van der Waals surface area (Å²) in [5.41, 5.74) is 1.65. The van der Waals surface area contributed by atoms with E-state index < -0.39 is 14.0 Å². The van der Waals surface area contributed by atoms with Crippen molar-refractivity contribution in [1.82, 2.24) is 0 Å². The van der Waals surface area contributed by atoms with Crippen LogP contribution in [-0.4, -0.2) is 18.4 Å². The lowest BCUT2D eigenvalue weighted by Gasteiger charge is -2.25. The van der Waals surface area contributed by atoms with Gasteiger partial charge >= 0.3 is 5.97 Å². The minimum absolute atomic E-state index is 0.0893. The highest BCUT2D eigenvalue weighted by Crippen LogP contribution is 2.34. The van der Waals surface area contributed by atoms with Gasteiger partial charge in [0.15, 0.2) is 0 Å². The van der Waals surface area contributed by atoms with E-state index in [2.05, 4.69) is 24.3 Å². The first-order valence-electron chi connectivity index (χ1n) is 11.8. The molecule has 0 fully saturated rings. The van der Waals surface area contributed by atoms with Gasteiger partial charge in [0.25, 0.3) is 0 Å². The number of esters is 1. The van der Waals surface area contributed by atoms with Crippen molar-refractivity contribution >= 4 is 36.1 Å². The normalized spacial score (nSPS) is 12.6. The van der Waals surface area contributed by atoms with Crippen molar-refractivity contribution in [2.24, 2.45) is 5.92 Å². The molecule has 176 valence electrons. The molecule has 4 heteroatoms. The standard InChI is InChI=1S/C31H29O3P/c1-24(21-22-32)29(23-25-13-5-2-6-14-25)34-31(33)28-19-11-12-20-30(28)35(26-15-7-3-8-16-26)27-17-9-4-10-18-27/h2-20,22,24,29H,21,23H2,1H3/t24-,29-/m1/s1. The molecule has 0 radical (unpaired) electrons. The van der Waals surface area contributed by atoms with Crippen LogP contribution < -0.4 is 15.9 Å². The summed E-state index contributed by atoms with van der Waals surface area (Å²) in [6.07, 6.45) is 1.40. The lowest BCUT2D eigenvalue weighted by molar-refractivity contribution is -0.109. The molecule has 35 heavy (non-hydrogen) atoms. The second-order valence-electron chi connectivity index (χ2n) is 8.54. The summed E-state index contributed by atoms with van der Waals surface area (Å²) in [7, 11) is -0.951. The number of rotatable bonds is 10. The van der Waals surface area contributed by atoms with Crippen molar-refractivity contribution in [2.45, 2.75) is 25.9 Å². The van der Waals surface area contributed by atoms with Gasteiger partial charge in [-0.2, -0.15) is 0 Å². The number of ether oxygens (including phenoxy) is 1. The molecule has 0 N–H and O–H groups in total. The average molecular weight is 481 g/mol. The Morgan fingerprint density at radius 2 is 1.29 bits per heavy atom. The minimum Gasteiger partial charge on any atom is -0.458 e. The van der Waals surface area contributed by atoms with Crippen LogP contribution >= 0.6 is 7.92 Å². The Bertz CT molecular complexity index is 1190. The molecule has 0 amide bonds. The van der Waals surface area contributed by atoms with Crippen LogP contribution in [0.1, 0.15) is 29.3 Å². The van der Waals surface area contributed by atoms with E-state index in [4.69, 9.17) is 4.74 Å². The van der Waals surface area contributed by atoms with Crippen LogP contribution in [0.4, 0.5) is 0 Å². The summed E-state index contributed by atoms with van der Waals surface area (Å²) in [5, 5.41) is 3.31. The molecule has 0 heterocycles. The van der Waals surface area contributed by atoms with Gasteiger partial charge in [0.1, 0.15) is 12.4 Å². The number of carbonyl (C=O) groups is 2. The van der Waals surface area contributed by atoms with Gasteiger partial charge in [-0.3, -0.25) is 0 Å². The molecule has 0 aliphatic carbocycles. The average Bonchev–Trinajstić information content (AvgIpc) is 2.91. The number of benzene rings is 4. The third-order valence-electron chi connectivity index (χ3n) is 6.03. The van der Waals surface area contributed by atoms with Crippen molar-refractivity contribution in [3.63, 3.8) is 0 Å². The second kappa shape index (κ2) is 12.2. The van der Waals surface area contributed by atoms with Gasteiger partial charge in [0, 0.05) is 18.8 Å². The number of carbonyl (C=O) groups excluding carboxylic acids is 2. The van der Waals surface area contributed by atoms with E-state index in [1.807, 2.05) is 97.9 Å². The van der Waals surface area contributed by atoms with Crippen molar-refractivity contribution < 1.29 is 14.3 Å². The third-order valence-corrected chi connectivity index (χ3v) is 8.54. The van der Waals surface area contributed by atoms with Gasteiger partial charge in [-0.05, 0) is 35.5 Å². The molecule has 3 nitrogen and oxygen atoms in total. The fourth-order valence-electron chi connectivity index (χ4n) is 4.13. The summed E-state index contributed by atoms with van der Waals surface area (Å²) in [6.45, 7) is 1.96. The van der Waals surface area contributed by atoms with Crippen LogP contribution in [0.2, 0.25) is 0 Å². The highest BCUT2D eigenvalue weighted by Gasteiger charge is 2.27. The van der Waals surface area contributed by atoms with E-state index in [1.165, 1.54) is 10.6 Å². The summed E-state index contributed by atoms with van der Waals surface area (Å²) in [5.74, 6) is -0.438. The Labute approximate surface area is 208 Å². The molecule has 0 aromatic heterocycles. The van der Waals surface area contributed by atoms with E-state index in [-0.39, 0.29) is 11.9 Å². The zero-order chi connectivity index (χ0) is 24.5. The Morgan fingerprint density at radius 3 is 1.86 bits per heavy atom. The maximum Gasteiger partial charge on any atom is 0.339 e. The maximum absolute atomic E-state index is 13.6. The van der Waals surface area contributed by atoms with Crippen LogP contribution in [0.3, 0.4) is 0 Å². The van der Waals surface area contributed by atoms with Crippen molar-refractivity contribution in [1.29, 1.82) is 0 Å². The maximum atomic E-state index is 13.6. The third kappa shape index (κ3) is 6.32. The summed E-state index contributed by atoms with van der Waals surface area (Å²) in [6, 6.07) is 38.3. The predicted molar refractivity (Wildman–Crippen MR) is 144 cm³/mol. The summed E-state index contributed by atoms with van der Waals surface area (Å²) in [4.78, 5) is 24.9. The van der Waals surface area contributed by atoms with Gasteiger partial charge in [-0.25, -0.2) is 4.79 Å². The van der Waals surface area contributed by atoms with Crippen molar-refractivity contribution in [3.8, 4) is 0 Å². The first-order valence-corrected chi connectivity index (χ1v) is 13.2. The van der Waals surface area contributed by atoms with Gasteiger partial charge in [-0.15, -0.1) is 0 Å². The predicted octanol–water partition coefficient (Wildman–Crippen LogP) is 5.44. The van der Waals surface area contributed by atoms with Crippen LogP contribution in [0, 0.1) is 5.92 Å². The summed E-state index contributed by atoms with van der Waals surface area (Å²) < 4.78 is 6.13. The molecule has 0 unspecified atom stereocenters. The largest absolute Gasteiger partial charge is 0.458 e. The zero-order valence-corrected chi connectivity index (χ0v) is 20.7. The van der Waals surface area contributed by atoms with Gasteiger partial charge in [-0.1, -0.05) is 116 Å². The molecule has 0 spiro atoms. The highest BCUT2D eigenvalue weighted by molar-refractivity contribution is 7.80. The first kappa shape index (κ1) is 24.6. The highest BCUT2D eigenvalue weighted by atomic mass is 31.1. The van der Waals surface area contributed by atoms with Crippen LogP contribution in [0.5, 0.6) is 0 Å². The van der Waals surface area contributed by atoms with Gasteiger partial charge in [0.2, 0.25) is 0 Å². The molecule has 0 aliphatic heterocycles. The smallest absolute Gasteiger partial charge is 0.339 e. The first-order chi connectivity index (χ1) is 17.2. The molecule has 4 aromatic carbocycles. The molecule has 0 aliphatic rings. The quantitative estimate of drug-likeness (QED) is 0.173.